The summed E-state index contributed by atoms with van der Waals surface area (Å²) in [6.07, 6.45) is 0.571. The van der Waals surface area contributed by atoms with Crippen molar-refractivity contribution in [3.8, 4) is 0 Å². The van der Waals surface area contributed by atoms with E-state index >= 15 is 0 Å². The predicted molar refractivity (Wildman–Crippen MR) is 67.7 cm³/mol. The van der Waals surface area contributed by atoms with Gasteiger partial charge < -0.3 is 10.8 Å². The summed E-state index contributed by atoms with van der Waals surface area (Å²) in [5, 5.41) is 10.9. The van der Waals surface area contributed by atoms with E-state index in [9.17, 15) is 4.79 Å². The molecule has 2 aromatic rings. The molecule has 0 bridgehead atoms. The molecule has 0 saturated carbocycles. The Morgan fingerprint density at radius 1 is 1.18 bits per heavy atom. The Morgan fingerprint density at radius 2 is 1.88 bits per heavy atom. The summed E-state index contributed by atoms with van der Waals surface area (Å²) < 4.78 is 0. The molecular formula is C14H15NO2. The average molecular weight is 229 g/mol. The summed E-state index contributed by atoms with van der Waals surface area (Å²) >= 11 is 0. The van der Waals surface area contributed by atoms with Gasteiger partial charge in [-0.2, -0.15) is 0 Å². The molecule has 17 heavy (non-hydrogen) atoms. The molecule has 1 unspecified atom stereocenters. The maximum absolute atomic E-state index is 10.5. The first kappa shape index (κ1) is 11.6. The van der Waals surface area contributed by atoms with E-state index < -0.39 is 5.97 Å². The fourth-order valence-corrected chi connectivity index (χ4v) is 1.88. The molecule has 0 aliphatic carbocycles. The summed E-state index contributed by atoms with van der Waals surface area (Å²) in [4.78, 5) is 10.5. The second kappa shape index (κ2) is 4.97. The number of fused-ring (bicyclic) bond motifs is 1. The van der Waals surface area contributed by atoms with Gasteiger partial charge in [0.2, 0.25) is 0 Å². The van der Waals surface area contributed by atoms with E-state index in [2.05, 4.69) is 0 Å². The van der Waals surface area contributed by atoms with Gasteiger partial charge in [0.25, 0.3) is 0 Å². The Morgan fingerprint density at radius 3 is 2.59 bits per heavy atom. The molecule has 0 radical (unpaired) electrons. The van der Waals surface area contributed by atoms with E-state index in [1.165, 1.54) is 5.39 Å². The van der Waals surface area contributed by atoms with E-state index in [4.69, 9.17) is 10.8 Å². The number of hydrogen-bond acceptors (Lipinski definition) is 2. The molecule has 3 N–H and O–H groups in total. The highest BCUT2D eigenvalue weighted by atomic mass is 16.4. The first-order chi connectivity index (χ1) is 8.16. The van der Waals surface area contributed by atoms with Crippen molar-refractivity contribution in [1.82, 2.24) is 0 Å². The van der Waals surface area contributed by atoms with E-state index in [0.717, 1.165) is 10.9 Å². The molecule has 0 aliphatic rings. The first-order valence-corrected chi connectivity index (χ1v) is 5.63. The van der Waals surface area contributed by atoms with Crippen LogP contribution in [0, 0.1) is 0 Å². The molecule has 3 heteroatoms. The third-order valence-corrected chi connectivity index (χ3v) is 2.87. The van der Waals surface area contributed by atoms with E-state index in [1.807, 2.05) is 42.5 Å². The van der Waals surface area contributed by atoms with Gasteiger partial charge in [0.1, 0.15) is 0 Å². The molecule has 1 atom stereocenters. The Labute approximate surface area is 99.9 Å². The molecule has 88 valence electrons. The molecule has 0 spiro atoms. The molecule has 0 amide bonds. The molecule has 0 fully saturated rings. The lowest BCUT2D eigenvalue weighted by molar-refractivity contribution is -0.137. The fourth-order valence-electron chi connectivity index (χ4n) is 1.88. The van der Waals surface area contributed by atoms with Crippen LogP contribution in [0.15, 0.2) is 42.5 Å². The van der Waals surface area contributed by atoms with Crippen molar-refractivity contribution < 1.29 is 9.90 Å². The SMILES string of the molecule is NC(CCC(=O)O)c1ccc2ccccc2c1. The van der Waals surface area contributed by atoms with Gasteiger partial charge in [-0.3, -0.25) is 4.79 Å². The quantitative estimate of drug-likeness (QED) is 0.847. The van der Waals surface area contributed by atoms with Crippen LogP contribution in [0.2, 0.25) is 0 Å². The summed E-state index contributed by atoms with van der Waals surface area (Å²) in [5.41, 5.74) is 6.96. The molecule has 3 nitrogen and oxygen atoms in total. The van der Waals surface area contributed by atoms with Crippen molar-refractivity contribution >= 4 is 16.7 Å². The third-order valence-electron chi connectivity index (χ3n) is 2.87. The van der Waals surface area contributed by atoms with Crippen molar-refractivity contribution in [1.29, 1.82) is 0 Å². The minimum atomic E-state index is -0.804. The van der Waals surface area contributed by atoms with Crippen molar-refractivity contribution in [2.75, 3.05) is 0 Å². The van der Waals surface area contributed by atoms with Crippen LogP contribution in [0.3, 0.4) is 0 Å². The zero-order valence-corrected chi connectivity index (χ0v) is 9.47. The lowest BCUT2D eigenvalue weighted by atomic mass is 9.99. The molecular weight excluding hydrogens is 214 g/mol. The van der Waals surface area contributed by atoms with Crippen molar-refractivity contribution in [2.24, 2.45) is 5.73 Å². The molecule has 0 aliphatic heterocycles. The van der Waals surface area contributed by atoms with Crippen LogP contribution in [0.4, 0.5) is 0 Å². The monoisotopic (exact) mass is 229 g/mol. The highest BCUT2D eigenvalue weighted by molar-refractivity contribution is 5.83. The number of nitrogens with two attached hydrogens (primary N) is 1. The van der Waals surface area contributed by atoms with E-state index in [-0.39, 0.29) is 12.5 Å². The van der Waals surface area contributed by atoms with Crippen LogP contribution in [0.5, 0.6) is 0 Å². The summed E-state index contributed by atoms with van der Waals surface area (Å²) in [6, 6.07) is 13.9. The minimum Gasteiger partial charge on any atom is -0.481 e. The molecule has 2 aromatic carbocycles. The lowest BCUT2D eigenvalue weighted by Crippen LogP contribution is -2.12. The Balaban J connectivity index is 2.20. The van der Waals surface area contributed by atoms with Crippen LogP contribution in [-0.4, -0.2) is 11.1 Å². The van der Waals surface area contributed by atoms with E-state index in [1.54, 1.807) is 0 Å². The van der Waals surface area contributed by atoms with Gasteiger partial charge in [0.15, 0.2) is 0 Å². The number of carboxylic acid groups (broad SMARTS) is 1. The van der Waals surface area contributed by atoms with Crippen LogP contribution in [0.1, 0.15) is 24.4 Å². The lowest BCUT2D eigenvalue weighted by Gasteiger charge is -2.11. The average Bonchev–Trinajstić information content (AvgIpc) is 2.35. The number of carbonyl (C=O) groups is 1. The van der Waals surface area contributed by atoms with Gasteiger partial charge in [0.05, 0.1) is 0 Å². The van der Waals surface area contributed by atoms with Crippen LogP contribution in [-0.2, 0) is 4.79 Å². The minimum absolute atomic E-state index is 0.105. The van der Waals surface area contributed by atoms with Crippen LogP contribution >= 0.6 is 0 Å². The Kier molecular flexibility index (Phi) is 3.40. The maximum atomic E-state index is 10.5. The van der Waals surface area contributed by atoms with Gasteiger partial charge in [-0.25, -0.2) is 0 Å². The van der Waals surface area contributed by atoms with Gasteiger partial charge in [-0.05, 0) is 28.8 Å². The van der Waals surface area contributed by atoms with Gasteiger partial charge in [-0.15, -0.1) is 0 Å². The Bertz CT molecular complexity index is 536. The third kappa shape index (κ3) is 2.82. The number of benzene rings is 2. The second-order valence-electron chi connectivity index (χ2n) is 4.15. The Hall–Kier alpha value is -1.87. The van der Waals surface area contributed by atoms with Gasteiger partial charge in [0, 0.05) is 12.5 Å². The highest BCUT2D eigenvalue weighted by Crippen LogP contribution is 2.21. The normalized spacial score (nSPS) is 12.5. The smallest absolute Gasteiger partial charge is 0.303 e. The van der Waals surface area contributed by atoms with Gasteiger partial charge >= 0.3 is 5.97 Å². The van der Waals surface area contributed by atoms with Crippen molar-refractivity contribution in [3.63, 3.8) is 0 Å². The molecule has 0 aromatic heterocycles. The number of aliphatic carboxylic acids is 1. The standard InChI is InChI=1S/C14H15NO2/c15-13(7-8-14(16)17)12-6-5-10-3-1-2-4-11(10)9-12/h1-6,9,13H,7-8,15H2,(H,16,17). The van der Waals surface area contributed by atoms with Gasteiger partial charge in [-0.1, -0.05) is 36.4 Å². The summed E-state index contributed by atoms with van der Waals surface area (Å²) in [7, 11) is 0. The zero-order chi connectivity index (χ0) is 12.3. The first-order valence-electron chi connectivity index (χ1n) is 5.63. The topological polar surface area (TPSA) is 63.3 Å². The highest BCUT2D eigenvalue weighted by Gasteiger charge is 2.08. The summed E-state index contributed by atoms with van der Waals surface area (Å²) in [5.74, 6) is -0.804. The number of rotatable bonds is 4. The fraction of sp³-hybridized carbons (Fsp3) is 0.214. The zero-order valence-electron chi connectivity index (χ0n) is 9.47. The molecule has 2 rings (SSSR count). The van der Waals surface area contributed by atoms with Crippen LogP contribution in [0.25, 0.3) is 10.8 Å². The van der Waals surface area contributed by atoms with Crippen molar-refractivity contribution in [3.05, 3.63) is 48.0 Å². The molecule has 0 saturated heterocycles. The maximum Gasteiger partial charge on any atom is 0.303 e. The molecule has 0 heterocycles. The predicted octanol–water partition coefficient (Wildman–Crippen LogP) is 2.70. The van der Waals surface area contributed by atoms with Crippen LogP contribution < -0.4 is 5.73 Å². The van der Waals surface area contributed by atoms with Crippen molar-refractivity contribution in [2.45, 2.75) is 18.9 Å². The number of hydrogen-bond donors (Lipinski definition) is 2. The summed E-state index contributed by atoms with van der Waals surface area (Å²) in [6.45, 7) is 0. The largest absolute Gasteiger partial charge is 0.481 e. The van der Waals surface area contributed by atoms with E-state index in [0.29, 0.717) is 6.42 Å². The number of carboxylic acids is 1. The second-order valence-corrected chi connectivity index (χ2v) is 4.15.